The van der Waals surface area contributed by atoms with Crippen LogP contribution < -0.4 is 25.4 Å². The summed E-state index contributed by atoms with van der Waals surface area (Å²) < 4.78 is 11.2. The largest absolute Gasteiger partial charge is 0.495 e. The van der Waals surface area contributed by atoms with Crippen molar-refractivity contribution in [1.29, 1.82) is 0 Å². The van der Waals surface area contributed by atoms with E-state index in [1.807, 2.05) is 12.1 Å². The quantitative estimate of drug-likeness (QED) is 0.189. The Labute approximate surface area is 227 Å². The molecule has 0 saturated heterocycles. The highest BCUT2D eigenvalue weighted by Gasteiger charge is 2.22. The van der Waals surface area contributed by atoms with E-state index in [1.54, 1.807) is 17.6 Å². The van der Waals surface area contributed by atoms with Gasteiger partial charge in [-0.3, -0.25) is 4.79 Å². The number of thiophene rings is 1. The van der Waals surface area contributed by atoms with Crippen LogP contribution in [-0.2, 0) is 6.54 Å². The maximum Gasteiger partial charge on any atom is 0.258 e. The van der Waals surface area contributed by atoms with E-state index in [2.05, 4.69) is 30.9 Å². The lowest BCUT2D eigenvalue weighted by Gasteiger charge is -2.15. The summed E-state index contributed by atoms with van der Waals surface area (Å²) in [5.74, 6) is 1.28. The Balaban J connectivity index is 1.57. The Kier molecular flexibility index (Phi) is 8.95. The normalized spacial score (nSPS) is 10.9. The molecule has 37 heavy (non-hydrogen) atoms. The molecule has 4 N–H and O–H groups in total. The van der Waals surface area contributed by atoms with Gasteiger partial charge in [-0.25, -0.2) is 15.0 Å². The van der Waals surface area contributed by atoms with Crippen molar-refractivity contribution in [2.45, 2.75) is 13.0 Å². The third kappa shape index (κ3) is 6.03. The number of aromatic nitrogens is 3. The Bertz CT molecular complexity index is 1390. The second-order valence-electron chi connectivity index (χ2n) is 7.72. The van der Waals surface area contributed by atoms with Crippen molar-refractivity contribution in [3.8, 4) is 11.5 Å². The van der Waals surface area contributed by atoms with Crippen molar-refractivity contribution in [3.63, 3.8) is 0 Å². The van der Waals surface area contributed by atoms with Crippen molar-refractivity contribution in [1.82, 2.24) is 20.3 Å². The highest BCUT2D eigenvalue weighted by Crippen LogP contribution is 2.44. The third-order valence-corrected chi connectivity index (χ3v) is 7.05. The lowest BCUT2D eigenvalue weighted by Crippen LogP contribution is -2.15. The number of hydrogen-bond acceptors (Lipinski definition) is 10. The molecule has 3 aromatic heterocycles. The zero-order valence-corrected chi connectivity index (χ0v) is 22.3. The maximum absolute atomic E-state index is 13.2. The number of benzene rings is 1. The summed E-state index contributed by atoms with van der Waals surface area (Å²) in [5.41, 5.74) is 1.98. The van der Waals surface area contributed by atoms with Gasteiger partial charge in [-0.05, 0) is 30.7 Å². The van der Waals surface area contributed by atoms with Crippen molar-refractivity contribution in [2.75, 3.05) is 38.0 Å². The molecule has 194 valence electrons. The topological polar surface area (TPSA) is 131 Å². The number of aliphatic hydroxyl groups is 1. The van der Waals surface area contributed by atoms with Crippen molar-refractivity contribution in [2.24, 2.45) is 0 Å². The predicted molar refractivity (Wildman–Crippen MR) is 146 cm³/mol. The lowest BCUT2D eigenvalue weighted by atomic mass is 10.2. The summed E-state index contributed by atoms with van der Waals surface area (Å²) in [5, 5.41) is 20.1. The van der Waals surface area contributed by atoms with E-state index < -0.39 is 5.91 Å². The number of carbonyl (C=O) groups excluding carboxylic acids is 1. The van der Waals surface area contributed by atoms with Crippen LogP contribution in [0.2, 0.25) is 10.0 Å². The number of nitrogens with zero attached hydrogens (tertiary/aromatic N) is 3. The molecule has 0 aliphatic carbocycles. The van der Waals surface area contributed by atoms with Gasteiger partial charge in [0.25, 0.3) is 5.91 Å². The van der Waals surface area contributed by atoms with Gasteiger partial charge in [-0.15, -0.1) is 11.3 Å². The molecule has 0 unspecified atom stereocenters. The Hall–Kier alpha value is -3.22. The van der Waals surface area contributed by atoms with Crippen LogP contribution in [0.5, 0.6) is 11.5 Å². The monoisotopic (exact) mass is 562 g/mol. The van der Waals surface area contributed by atoms with Crippen LogP contribution in [0.3, 0.4) is 0 Å². The van der Waals surface area contributed by atoms with Crippen LogP contribution in [0.1, 0.15) is 22.3 Å². The second kappa shape index (κ2) is 12.3. The summed E-state index contributed by atoms with van der Waals surface area (Å²) in [6, 6.07) is 5.35. The Morgan fingerprint density at radius 1 is 1.11 bits per heavy atom. The van der Waals surface area contributed by atoms with E-state index in [4.69, 9.17) is 37.8 Å². The summed E-state index contributed by atoms with van der Waals surface area (Å²) in [6.45, 7) is 1.50. The molecule has 0 fully saturated rings. The summed E-state index contributed by atoms with van der Waals surface area (Å²) in [4.78, 5) is 26.3. The van der Waals surface area contributed by atoms with Crippen LogP contribution in [0.15, 0.2) is 36.1 Å². The van der Waals surface area contributed by atoms with Gasteiger partial charge < -0.3 is 30.5 Å². The zero-order chi connectivity index (χ0) is 26.4. The lowest BCUT2D eigenvalue weighted by molar-refractivity contribution is 0.102. The summed E-state index contributed by atoms with van der Waals surface area (Å²) in [7, 11) is 2.91. The highest BCUT2D eigenvalue weighted by atomic mass is 35.5. The van der Waals surface area contributed by atoms with Gasteiger partial charge >= 0.3 is 0 Å². The number of methoxy groups -OCH3 is 2. The molecule has 3 heterocycles. The first-order valence-electron chi connectivity index (χ1n) is 11.1. The number of rotatable bonds is 11. The molecular formula is C24H24Cl2N6O4S. The first kappa shape index (κ1) is 26.8. The van der Waals surface area contributed by atoms with Crippen LogP contribution in [0.4, 0.5) is 17.3 Å². The number of anilines is 3. The van der Waals surface area contributed by atoms with E-state index in [0.717, 1.165) is 5.56 Å². The number of halogens is 2. The maximum atomic E-state index is 13.2. The van der Waals surface area contributed by atoms with Crippen molar-refractivity contribution < 1.29 is 19.4 Å². The minimum atomic E-state index is -0.455. The number of nitrogens with one attached hydrogen (secondary N) is 3. The fourth-order valence-electron chi connectivity index (χ4n) is 3.49. The number of hydrogen-bond donors (Lipinski definition) is 4. The molecule has 4 aromatic rings. The van der Waals surface area contributed by atoms with Gasteiger partial charge in [0.1, 0.15) is 33.7 Å². The molecule has 0 radical (unpaired) electrons. The molecule has 0 bridgehead atoms. The smallest absolute Gasteiger partial charge is 0.258 e. The molecular weight excluding hydrogens is 539 g/mol. The molecule has 0 spiro atoms. The van der Waals surface area contributed by atoms with E-state index >= 15 is 0 Å². The van der Waals surface area contributed by atoms with Gasteiger partial charge in [0.05, 0.1) is 35.7 Å². The number of carbonyl (C=O) groups is 1. The fraction of sp³-hybridized carbons (Fsp3) is 0.250. The average molecular weight is 563 g/mol. The summed E-state index contributed by atoms with van der Waals surface area (Å²) >= 11 is 14.1. The molecule has 0 aliphatic heterocycles. The van der Waals surface area contributed by atoms with E-state index in [-0.39, 0.29) is 22.3 Å². The second-order valence-corrected chi connectivity index (χ2v) is 9.35. The Morgan fingerprint density at radius 3 is 2.57 bits per heavy atom. The number of amides is 1. The van der Waals surface area contributed by atoms with Crippen molar-refractivity contribution >= 4 is 68.0 Å². The van der Waals surface area contributed by atoms with Crippen LogP contribution in [-0.4, -0.2) is 53.3 Å². The average Bonchev–Trinajstić information content (AvgIpc) is 3.35. The van der Waals surface area contributed by atoms with E-state index in [0.29, 0.717) is 58.4 Å². The predicted octanol–water partition coefficient (Wildman–Crippen LogP) is 4.88. The minimum Gasteiger partial charge on any atom is -0.495 e. The molecule has 0 saturated carbocycles. The number of fused-ring (bicyclic) bond motifs is 1. The van der Waals surface area contributed by atoms with Gasteiger partial charge in [0.2, 0.25) is 0 Å². The minimum absolute atomic E-state index is 0.147. The summed E-state index contributed by atoms with van der Waals surface area (Å²) in [6.07, 6.45) is 3.77. The number of ether oxygens (including phenoxy) is 2. The molecule has 10 nitrogen and oxygen atoms in total. The van der Waals surface area contributed by atoms with Crippen LogP contribution >= 0.6 is 34.5 Å². The van der Waals surface area contributed by atoms with Gasteiger partial charge in [0, 0.05) is 30.8 Å². The van der Waals surface area contributed by atoms with E-state index in [9.17, 15) is 4.79 Å². The standard InChI is InChI=1S/C24H24Cl2N6O4S/c1-35-15-9-16(36-2)19(26)21(18(15)25)32-24(34)14-11-37-22-20(14)29-12-30-23(22)31-17-8-13(4-6-28-17)10-27-5-3-7-33/h4,6,8-9,11-12,27,33H,3,5,7,10H2,1-2H3,(H,32,34)(H,28,29,30,31). The van der Waals surface area contributed by atoms with Gasteiger partial charge in [0.15, 0.2) is 5.82 Å². The molecule has 1 amide bonds. The zero-order valence-electron chi connectivity index (χ0n) is 20.0. The SMILES string of the molecule is COc1cc(OC)c(Cl)c(NC(=O)c2csc3c(Nc4cc(CNCCCO)ccn4)ncnc23)c1Cl. The highest BCUT2D eigenvalue weighted by molar-refractivity contribution is 7.18. The van der Waals surface area contributed by atoms with Crippen molar-refractivity contribution in [3.05, 3.63) is 57.3 Å². The Morgan fingerprint density at radius 2 is 1.86 bits per heavy atom. The molecule has 0 atom stereocenters. The molecule has 4 rings (SSSR count). The van der Waals surface area contributed by atoms with Gasteiger partial charge in [-0.2, -0.15) is 0 Å². The number of pyridine rings is 1. The number of aliphatic hydroxyl groups excluding tert-OH is 1. The van der Waals surface area contributed by atoms with Crippen LogP contribution in [0, 0.1) is 0 Å². The van der Waals surface area contributed by atoms with Crippen LogP contribution in [0.25, 0.3) is 10.2 Å². The van der Waals surface area contributed by atoms with E-state index in [1.165, 1.54) is 31.9 Å². The first-order chi connectivity index (χ1) is 18.0. The molecule has 0 aliphatic rings. The van der Waals surface area contributed by atoms with Gasteiger partial charge in [-0.1, -0.05) is 23.2 Å². The molecule has 1 aromatic carbocycles. The fourth-order valence-corrected chi connectivity index (χ4v) is 5.03. The third-order valence-electron chi connectivity index (χ3n) is 5.32. The molecule has 13 heteroatoms. The first-order valence-corrected chi connectivity index (χ1v) is 12.8.